The maximum Gasteiger partial charge on any atom is 0.271 e. The minimum absolute atomic E-state index is 0.0307. The molecule has 0 saturated carbocycles. The smallest absolute Gasteiger partial charge is 0.271 e. The minimum Gasteiger partial charge on any atom is -0.368 e. The van der Waals surface area contributed by atoms with E-state index in [4.69, 9.17) is 10.9 Å². The summed E-state index contributed by atoms with van der Waals surface area (Å²) in [5.41, 5.74) is 7.87. The number of nitrogens with zero attached hydrogens (tertiary/aromatic N) is 2. The van der Waals surface area contributed by atoms with Gasteiger partial charge in [-0.15, -0.1) is 0 Å². The predicted molar refractivity (Wildman–Crippen MR) is 110 cm³/mol. The zero-order chi connectivity index (χ0) is 21.3. The molecule has 3 rings (SSSR count). The van der Waals surface area contributed by atoms with Crippen LogP contribution >= 0.6 is 0 Å². The molecule has 0 radical (unpaired) electrons. The van der Waals surface area contributed by atoms with E-state index in [9.17, 15) is 18.0 Å². The average molecular weight is 415 g/mol. The fourth-order valence-corrected chi connectivity index (χ4v) is 3.63. The summed E-state index contributed by atoms with van der Waals surface area (Å²) in [6.45, 7) is 3.46. The van der Waals surface area contributed by atoms with Crippen LogP contribution in [0.2, 0.25) is 0 Å². The molecule has 0 unspecified atom stereocenters. The lowest BCUT2D eigenvalue weighted by Gasteiger charge is -2.20. The van der Waals surface area contributed by atoms with Crippen molar-refractivity contribution in [2.45, 2.75) is 31.2 Å². The van der Waals surface area contributed by atoms with Crippen molar-refractivity contribution in [3.8, 4) is 0 Å². The number of aryl methyl sites for hydroxylation is 1. The molecule has 2 aromatic rings. The summed E-state index contributed by atoms with van der Waals surface area (Å²) >= 11 is 0. The first-order valence-electron chi connectivity index (χ1n) is 8.74. The van der Waals surface area contributed by atoms with Gasteiger partial charge in [0.2, 0.25) is 15.9 Å². The van der Waals surface area contributed by atoms with Crippen molar-refractivity contribution in [3.63, 3.8) is 0 Å². The molecule has 2 amide bonds. The number of carbonyl (C=O) groups excluding carboxylic acids is 2. The number of sulfonamides is 1. The number of anilines is 2. The summed E-state index contributed by atoms with van der Waals surface area (Å²) in [5.74, 6) is -1.16. The lowest BCUT2D eigenvalue weighted by Crippen LogP contribution is -2.39. The van der Waals surface area contributed by atoms with E-state index in [1.54, 1.807) is 38.1 Å². The van der Waals surface area contributed by atoms with Gasteiger partial charge in [0, 0.05) is 12.1 Å². The van der Waals surface area contributed by atoms with Crippen LogP contribution in [-0.4, -0.2) is 32.0 Å². The number of primary sulfonamides is 1. The normalized spacial score (nSPS) is 16.4. The second-order valence-corrected chi connectivity index (χ2v) is 8.32. The Balaban J connectivity index is 1.92. The second kappa shape index (κ2) is 7.64. The standard InChI is InChI=1S/C19H21N5O4S/c1-11-8-14(29(21,27)28)9-15(12(11)2)22-19(26)16-10-17(18(20)25)24(23-16)13-6-4-3-5-7-13/h3-9,17H,10H2,1-2H3,(H2,20,25)(H,22,26)(H2,21,27,28)/t17-/m1/s1. The highest BCUT2D eigenvalue weighted by Gasteiger charge is 2.35. The Bertz CT molecular complexity index is 1110. The fraction of sp³-hybridized carbons (Fsp3) is 0.211. The van der Waals surface area contributed by atoms with Crippen molar-refractivity contribution in [1.29, 1.82) is 0 Å². The molecule has 29 heavy (non-hydrogen) atoms. The highest BCUT2D eigenvalue weighted by atomic mass is 32.2. The van der Waals surface area contributed by atoms with Gasteiger partial charge in [0.1, 0.15) is 11.8 Å². The van der Waals surface area contributed by atoms with E-state index >= 15 is 0 Å². The molecule has 1 atom stereocenters. The number of hydrazone groups is 1. The van der Waals surface area contributed by atoms with Gasteiger partial charge in [-0.25, -0.2) is 13.6 Å². The molecule has 0 spiro atoms. The van der Waals surface area contributed by atoms with Crippen molar-refractivity contribution in [3.05, 3.63) is 53.6 Å². The number of nitrogens with one attached hydrogen (secondary N) is 1. The molecule has 1 aliphatic heterocycles. The first kappa shape index (κ1) is 20.5. The molecular formula is C19H21N5O4S. The molecule has 10 heteroatoms. The number of hydrogen-bond donors (Lipinski definition) is 3. The average Bonchev–Trinajstić information content (AvgIpc) is 3.11. The summed E-state index contributed by atoms with van der Waals surface area (Å²) in [6.07, 6.45) is 0.0307. The van der Waals surface area contributed by atoms with Crippen LogP contribution in [0, 0.1) is 13.8 Å². The molecule has 0 fully saturated rings. The lowest BCUT2D eigenvalue weighted by atomic mass is 10.1. The Morgan fingerprint density at radius 3 is 2.41 bits per heavy atom. The maximum absolute atomic E-state index is 12.8. The molecule has 1 heterocycles. The van der Waals surface area contributed by atoms with Gasteiger partial charge in [-0.2, -0.15) is 5.10 Å². The number of para-hydroxylation sites is 1. The monoisotopic (exact) mass is 415 g/mol. The van der Waals surface area contributed by atoms with Crippen molar-refractivity contribution in [1.82, 2.24) is 0 Å². The SMILES string of the molecule is Cc1cc(S(N)(=O)=O)cc(NC(=O)C2=NN(c3ccccc3)[C@@H](C(N)=O)C2)c1C. The Hall–Kier alpha value is -3.24. The van der Waals surface area contributed by atoms with Crippen LogP contribution in [0.25, 0.3) is 0 Å². The van der Waals surface area contributed by atoms with Gasteiger partial charge in [-0.05, 0) is 49.2 Å². The molecule has 152 valence electrons. The lowest BCUT2D eigenvalue weighted by molar-refractivity contribution is -0.119. The molecule has 1 aliphatic rings. The van der Waals surface area contributed by atoms with E-state index in [0.717, 1.165) is 0 Å². The Morgan fingerprint density at radius 1 is 1.17 bits per heavy atom. The molecule has 0 saturated heterocycles. The topological polar surface area (TPSA) is 148 Å². The van der Waals surface area contributed by atoms with Crippen molar-refractivity contribution < 1.29 is 18.0 Å². The van der Waals surface area contributed by atoms with Gasteiger partial charge in [-0.3, -0.25) is 14.6 Å². The number of hydrogen-bond acceptors (Lipinski definition) is 6. The summed E-state index contributed by atoms with van der Waals surface area (Å²) in [6, 6.07) is 10.8. The first-order chi connectivity index (χ1) is 13.6. The number of rotatable bonds is 5. The predicted octanol–water partition coefficient (Wildman–Crippen LogP) is 1.01. The van der Waals surface area contributed by atoms with E-state index in [1.807, 2.05) is 6.07 Å². The minimum atomic E-state index is -3.94. The van der Waals surface area contributed by atoms with Gasteiger partial charge in [-0.1, -0.05) is 18.2 Å². The van der Waals surface area contributed by atoms with Gasteiger partial charge >= 0.3 is 0 Å². The van der Waals surface area contributed by atoms with Crippen LogP contribution in [0.5, 0.6) is 0 Å². The Morgan fingerprint density at radius 2 is 1.83 bits per heavy atom. The summed E-state index contributed by atoms with van der Waals surface area (Å²) in [7, 11) is -3.94. The zero-order valence-electron chi connectivity index (χ0n) is 15.9. The second-order valence-electron chi connectivity index (χ2n) is 6.76. The first-order valence-corrected chi connectivity index (χ1v) is 10.3. The number of benzene rings is 2. The number of primary amides is 1. The third kappa shape index (κ3) is 4.28. The van der Waals surface area contributed by atoms with Crippen molar-refractivity contribution in [2.75, 3.05) is 10.3 Å². The highest BCUT2D eigenvalue weighted by molar-refractivity contribution is 7.89. The van der Waals surface area contributed by atoms with Crippen LogP contribution in [-0.2, 0) is 19.6 Å². The number of carbonyl (C=O) groups is 2. The van der Waals surface area contributed by atoms with E-state index in [0.29, 0.717) is 22.5 Å². The zero-order valence-corrected chi connectivity index (χ0v) is 16.7. The van der Waals surface area contributed by atoms with Gasteiger partial charge in [0.15, 0.2) is 0 Å². The van der Waals surface area contributed by atoms with Crippen LogP contribution in [0.4, 0.5) is 11.4 Å². The molecule has 5 N–H and O–H groups in total. The molecular weight excluding hydrogens is 394 g/mol. The third-order valence-corrected chi connectivity index (χ3v) is 5.63. The molecule has 0 aromatic heterocycles. The highest BCUT2D eigenvalue weighted by Crippen LogP contribution is 2.27. The molecule has 0 bridgehead atoms. The van der Waals surface area contributed by atoms with Crippen LogP contribution in [0.15, 0.2) is 52.5 Å². The number of nitrogens with two attached hydrogens (primary N) is 2. The fourth-order valence-electron chi connectivity index (χ4n) is 3.00. The Labute approximate surface area is 168 Å². The molecule has 9 nitrogen and oxygen atoms in total. The summed E-state index contributed by atoms with van der Waals surface area (Å²) < 4.78 is 23.4. The summed E-state index contributed by atoms with van der Waals surface area (Å²) in [4.78, 5) is 24.5. The molecule has 2 aromatic carbocycles. The van der Waals surface area contributed by atoms with Crippen LogP contribution in [0.3, 0.4) is 0 Å². The number of amides is 2. The van der Waals surface area contributed by atoms with E-state index in [-0.39, 0.29) is 17.0 Å². The van der Waals surface area contributed by atoms with Crippen LogP contribution < -0.4 is 21.2 Å². The quantitative estimate of drug-likeness (QED) is 0.666. The van der Waals surface area contributed by atoms with E-state index < -0.39 is 27.9 Å². The van der Waals surface area contributed by atoms with Gasteiger partial charge in [0.25, 0.3) is 5.91 Å². The molecule has 0 aliphatic carbocycles. The van der Waals surface area contributed by atoms with Gasteiger partial charge in [0.05, 0.1) is 10.6 Å². The largest absolute Gasteiger partial charge is 0.368 e. The van der Waals surface area contributed by atoms with Crippen molar-refractivity contribution in [2.24, 2.45) is 16.0 Å². The third-order valence-electron chi connectivity index (χ3n) is 4.74. The van der Waals surface area contributed by atoms with Crippen molar-refractivity contribution >= 4 is 38.9 Å². The summed E-state index contributed by atoms with van der Waals surface area (Å²) in [5, 5.41) is 13.6. The van der Waals surface area contributed by atoms with E-state index in [2.05, 4.69) is 10.4 Å². The maximum atomic E-state index is 12.8. The van der Waals surface area contributed by atoms with E-state index in [1.165, 1.54) is 17.1 Å². The van der Waals surface area contributed by atoms with Crippen LogP contribution in [0.1, 0.15) is 17.5 Å². The van der Waals surface area contributed by atoms with Gasteiger partial charge < -0.3 is 11.1 Å². The Kier molecular flexibility index (Phi) is 5.40.